The van der Waals surface area contributed by atoms with E-state index in [-0.39, 0.29) is 50.3 Å². The number of benzene rings is 1. The number of esters is 1. The summed E-state index contributed by atoms with van der Waals surface area (Å²) in [5.41, 5.74) is 0.406. The number of hydrogen-bond acceptors (Lipinski definition) is 14. The lowest BCUT2D eigenvalue weighted by Gasteiger charge is -2.27. The Kier molecular flexibility index (Phi) is 13.6. The van der Waals surface area contributed by atoms with Crippen LogP contribution in [-0.4, -0.2) is 150 Å². The maximum atomic E-state index is 12.5. The average molecular weight is 650 g/mol. The molecule has 1 aromatic heterocycles. The fraction of sp³-hybridized carbons (Fsp3) is 0.478. The smallest absolute Gasteiger partial charge is 0.320 e. The molecule has 20 heteroatoms. The van der Waals surface area contributed by atoms with Gasteiger partial charge in [0.15, 0.2) is 0 Å². The molecular formula is C23H31N5O13S2. The Labute approximate surface area is 248 Å². The Hall–Kier alpha value is -3.95. The summed E-state index contributed by atoms with van der Waals surface area (Å²) < 4.78 is 34.0. The highest BCUT2D eigenvalue weighted by molar-refractivity contribution is 7.91. The number of nitrogens with zero attached hydrogens (tertiary/aromatic N) is 4. The number of aliphatic carboxylic acids is 4. The van der Waals surface area contributed by atoms with Crippen molar-refractivity contribution in [1.29, 1.82) is 0 Å². The Morgan fingerprint density at radius 1 is 0.767 bits per heavy atom. The van der Waals surface area contributed by atoms with Crippen molar-refractivity contribution in [2.75, 3.05) is 72.1 Å². The van der Waals surface area contributed by atoms with Crippen LogP contribution in [0.4, 0.5) is 0 Å². The number of fused-ring (bicyclic) bond motifs is 1. The van der Waals surface area contributed by atoms with E-state index in [4.69, 9.17) is 35.0 Å². The van der Waals surface area contributed by atoms with E-state index in [1.165, 1.54) is 11.0 Å². The number of hydrogen-bond donors (Lipinski definition) is 5. The first-order valence-electron chi connectivity index (χ1n) is 12.4. The Bertz CT molecular complexity index is 1340. The molecule has 6 N–H and O–H groups in total. The molecule has 0 aliphatic heterocycles. The van der Waals surface area contributed by atoms with E-state index < -0.39 is 66.0 Å². The molecule has 1 heterocycles. The molecule has 1 aromatic carbocycles. The van der Waals surface area contributed by atoms with Gasteiger partial charge in [0.25, 0.3) is 10.0 Å². The van der Waals surface area contributed by atoms with Crippen LogP contribution in [0.2, 0.25) is 0 Å². The number of primary sulfonamides is 1. The largest absolute Gasteiger partial charge is 0.490 e. The molecule has 0 saturated carbocycles. The number of nitrogens with two attached hydrogens (primary N) is 1. The molecule has 0 radical (unpaired) electrons. The third kappa shape index (κ3) is 13.7. The quantitative estimate of drug-likeness (QED) is 0.0730. The van der Waals surface area contributed by atoms with Crippen molar-refractivity contribution in [2.45, 2.75) is 4.34 Å². The van der Waals surface area contributed by atoms with Gasteiger partial charge < -0.3 is 29.9 Å². The first kappa shape index (κ1) is 35.2. The zero-order valence-corrected chi connectivity index (χ0v) is 24.3. The summed E-state index contributed by atoms with van der Waals surface area (Å²) in [6.07, 6.45) is 0. The van der Waals surface area contributed by atoms with Gasteiger partial charge in [-0.3, -0.25) is 38.7 Å². The van der Waals surface area contributed by atoms with Crippen molar-refractivity contribution in [1.82, 2.24) is 19.7 Å². The van der Waals surface area contributed by atoms with Crippen molar-refractivity contribution in [3.8, 4) is 5.75 Å². The van der Waals surface area contributed by atoms with E-state index >= 15 is 0 Å². The molecule has 18 nitrogen and oxygen atoms in total. The van der Waals surface area contributed by atoms with Crippen LogP contribution >= 0.6 is 11.3 Å². The van der Waals surface area contributed by atoms with E-state index in [0.29, 0.717) is 16.0 Å². The molecule has 0 aliphatic carbocycles. The monoisotopic (exact) mass is 649 g/mol. The van der Waals surface area contributed by atoms with E-state index in [1.54, 1.807) is 12.1 Å². The molecule has 43 heavy (non-hydrogen) atoms. The van der Waals surface area contributed by atoms with Crippen LogP contribution < -0.4 is 9.88 Å². The highest BCUT2D eigenvalue weighted by Gasteiger charge is 2.20. The second-order valence-electron chi connectivity index (χ2n) is 9.00. The molecule has 0 fully saturated rings. The number of carbonyl (C=O) groups is 5. The molecule has 0 unspecified atom stereocenters. The average Bonchev–Trinajstić information content (AvgIpc) is 3.31. The van der Waals surface area contributed by atoms with Crippen LogP contribution in [0.25, 0.3) is 10.2 Å². The van der Waals surface area contributed by atoms with Crippen molar-refractivity contribution in [2.24, 2.45) is 5.14 Å². The summed E-state index contributed by atoms with van der Waals surface area (Å²) in [5.74, 6) is -5.43. The van der Waals surface area contributed by atoms with Crippen molar-refractivity contribution < 1.29 is 62.3 Å². The second kappa shape index (κ2) is 16.6. The Morgan fingerprint density at radius 3 is 1.72 bits per heavy atom. The standard InChI is InChI=1S/C23H31N5O13S2/c24-43(38,39)23-25-16-2-1-15(9-17(16)42-23)40-7-8-41-22(37)14-26(3-5-27(10-18(29)30)11-19(31)32)4-6-28(12-20(33)34)13-21(35)36/h1-2,9H,3-8,10-14H2,(H,29,30)(H,31,32)(H,33,34)(H,35,36)(H2,24,38,39). The Balaban J connectivity index is 1.97. The molecular weight excluding hydrogens is 618 g/mol. The van der Waals surface area contributed by atoms with Gasteiger partial charge >= 0.3 is 29.8 Å². The summed E-state index contributed by atoms with van der Waals surface area (Å²) in [6.45, 7) is -3.15. The third-order valence-corrected chi connectivity index (χ3v) is 7.79. The van der Waals surface area contributed by atoms with Gasteiger partial charge in [0, 0.05) is 26.2 Å². The number of carboxylic acids is 4. The van der Waals surface area contributed by atoms with Gasteiger partial charge in [-0.2, -0.15) is 0 Å². The van der Waals surface area contributed by atoms with Crippen LogP contribution in [0.5, 0.6) is 5.75 Å². The normalized spacial score (nSPS) is 11.7. The van der Waals surface area contributed by atoms with E-state index in [2.05, 4.69) is 4.98 Å². The Morgan fingerprint density at radius 2 is 1.26 bits per heavy atom. The minimum Gasteiger partial charge on any atom is -0.490 e. The van der Waals surface area contributed by atoms with E-state index in [1.807, 2.05) is 0 Å². The summed E-state index contributed by atoms with van der Waals surface area (Å²) >= 11 is 0.863. The minimum atomic E-state index is -3.96. The molecule has 238 valence electrons. The zero-order chi connectivity index (χ0) is 32.2. The van der Waals surface area contributed by atoms with Crippen LogP contribution in [-0.2, 0) is 38.7 Å². The van der Waals surface area contributed by atoms with E-state index in [0.717, 1.165) is 21.1 Å². The predicted octanol–water partition coefficient (Wildman–Crippen LogP) is -1.89. The number of aromatic nitrogens is 1. The maximum absolute atomic E-state index is 12.5. The van der Waals surface area contributed by atoms with Crippen LogP contribution in [0.15, 0.2) is 22.5 Å². The number of sulfonamides is 1. The lowest BCUT2D eigenvalue weighted by Crippen LogP contribution is -2.45. The first-order chi connectivity index (χ1) is 20.1. The fourth-order valence-corrected chi connectivity index (χ4v) is 5.35. The summed E-state index contributed by atoms with van der Waals surface area (Å²) in [6, 6.07) is 4.62. The van der Waals surface area contributed by atoms with Gasteiger partial charge in [-0.15, -0.1) is 11.3 Å². The van der Waals surface area contributed by atoms with Gasteiger partial charge in [0.1, 0.15) is 19.0 Å². The van der Waals surface area contributed by atoms with Gasteiger partial charge in [-0.1, -0.05) is 0 Å². The summed E-state index contributed by atoms with van der Waals surface area (Å²) in [4.78, 5) is 64.6. The number of thiazole rings is 1. The molecule has 0 aliphatic rings. The van der Waals surface area contributed by atoms with Crippen molar-refractivity contribution >= 4 is 61.4 Å². The van der Waals surface area contributed by atoms with Gasteiger partial charge in [0.2, 0.25) is 4.34 Å². The number of carbonyl (C=O) groups excluding carboxylic acids is 1. The summed E-state index contributed by atoms with van der Waals surface area (Å²) in [5, 5.41) is 41.3. The van der Waals surface area contributed by atoms with Crippen molar-refractivity contribution in [3.05, 3.63) is 18.2 Å². The fourth-order valence-electron chi connectivity index (χ4n) is 3.67. The lowest BCUT2D eigenvalue weighted by atomic mass is 10.3. The van der Waals surface area contributed by atoms with Gasteiger partial charge in [-0.25, -0.2) is 18.5 Å². The number of rotatable bonds is 21. The highest BCUT2D eigenvalue weighted by Crippen LogP contribution is 2.28. The molecule has 0 bridgehead atoms. The summed E-state index contributed by atoms with van der Waals surface area (Å²) in [7, 11) is -3.96. The van der Waals surface area contributed by atoms with Crippen LogP contribution in [0.3, 0.4) is 0 Å². The van der Waals surface area contributed by atoms with Crippen LogP contribution in [0, 0.1) is 0 Å². The van der Waals surface area contributed by atoms with E-state index in [9.17, 15) is 32.4 Å². The maximum Gasteiger partial charge on any atom is 0.320 e. The zero-order valence-electron chi connectivity index (χ0n) is 22.7. The van der Waals surface area contributed by atoms with Crippen LogP contribution in [0.1, 0.15) is 0 Å². The van der Waals surface area contributed by atoms with Gasteiger partial charge in [-0.05, 0) is 18.2 Å². The molecule has 2 rings (SSSR count). The molecule has 0 saturated heterocycles. The first-order valence-corrected chi connectivity index (χ1v) is 14.7. The lowest BCUT2D eigenvalue weighted by molar-refractivity contribution is -0.147. The molecule has 0 spiro atoms. The second-order valence-corrected chi connectivity index (χ2v) is 11.8. The molecule has 2 aromatic rings. The predicted molar refractivity (Wildman–Crippen MR) is 147 cm³/mol. The highest BCUT2D eigenvalue weighted by atomic mass is 32.2. The molecule has 0 atom stereocenters. The van der Waals surface area contributed by atoms with Gasteiger partial charge in [0.05, 0.1) is 42.9 Å². The minimum absolute atomic E-state index is 0.0183. The number of ether oxygens (including phenoxy) is 2. The van der Waals surface area contributed by atoms with Crippen molar-refractivity contribution in [3.63, 3.8) is 0 Å². The third-order valence-electron chi connectivity index (χ3n) is 5.45. The molecule has 0 amide bonds. The topological polar surface area (TPSA) is 267 Å². The number of carboxylic acid groups (broad SMARTS) is 4. The SMILES string of the molecule is NS(=O)(=O)c1nc2ccc(OCCOC(=O)CN(CCN(CC(=O)O)CC(=O)O)CCN(CC(=O)O)CC(=O)O)cc2s1.